The highest BCUT2D eigenvalue weighted by Gasteiger charge is 2.38. The molecule has 27 heavy (non-hydrogen) atoms. The van der Waals surface area contributed by atoms with Gasteiger partial charge in [-0.1, -0.05) is 18.9 Å². The summed E-state index contributed by atoms with van der Waals surface area (Å²) in [5, 5.41) is 2.88. The molecule has 0 atom stereocenters. The minimum absolute atomic E-state index is 0.00793. The summed E-state index contributed by atoms with van der Waals surface area (Å²) in [6.45, 7) is 4.53. The van der Waals surface area contributed by atoms with E-state index in [-0.39, 0.29) is 11.5 Å². The van der Waals surface area contributed by atoms with Crippen molar-refractivity contribution in [2.75, 3.05) is 18.4 Å². The lowest BCUT2D eigenvalue weighted by atomic mass is 10.1. The molecule has 0 bridgehead atoms. The molecule has 0 unspecified atom stereocenters. The molecule has 1 amide bonds. The van der Waals surface area contributed by atoms with Crippen LogP contribution in [-0.4, -0.2) is 41.6 Å². The highest BCUT2D eigenvalue weighted by atomic mass is 16.7. The summed E-state index contributed by atoms with van der Waals surface area (Å²) in [4.78, 5) is 38.5. The standard InChI is InChI=1S/C20H24N2O5/c1-20(2)26-18(24)16(19(25)27-20)13-21-15-9-7-8-14(12-15)17(23)22-10-5-3-4-6-11-22/h7-9,12-13,21H,3-6,10-11H2,1-2H3. The van der Waals surface area contributed by atoms with Crippen LogP contribution in [0.2, 0.25) is 0 Å². The van der Waals surface area contributed by atoms with Crippen LogP contribution >= 0.6 is 0 Å². The Morgan fingerprint density at radius 2 is 1.70 bits per heavy atom. The Labute approximate surface area is 158 Å². The second-order valence-corrected chi connectivity index (χ2v) is 7.17. The number of likely N-dealkylation sites (tertiary alicyclic amines) is 1. The minimum Gasteiger partial charge on any atom is -0.419 e. The first-order chi connectivity index (χ1) is 12.9. The van der Waals surface area contributed by atoms with Gasteiger partial charge in [-0.3, -0.25) is 4.79 Å². The van der Waals surface area contributed by atoms with E-state index in [2.05, 4.69) is 5.32 Å². The van der Waals surface area contributed by atoms with Gasteiger partial charge >= 0.3 is 11.9 Å². The summed E-state index contributed by atoms with van der Waals surface area (Å²) in [6.07, 6.45) is 5.60. The molecule has 1 aromatic rings. The number of benzene rings is 1. The van der Waals surface area contributed by atoms with Crippen LogP contribution in [0.1, 0.15) is 49.9 Å². The number of nitrogens with one attached hydrogen (secondary N) is 1. The van der Waals surface area contributed by atoms with Gasteiger partial charge in [-0.15, -0.1) is 0 Å². The van der Waals surface area contributed by atoms with Gasteiger partial charge in [-0.05, 0) is 31.0 Å². The van der Waals surface area contributed by atoms with E-state index in [0.29, 0.717) is 11.3 Å². The van der Waals surface area contributed by atoms with E-state index in [4.69, 9.17) is 9.47 Å². The number of hydrogen-bond donors (Lipinski definition) is 1. The average Bonchev–Trinajstić information content (AvgIpc) is 2.89. The van der Waals surface area contributed by atoms with Crippen molar-refractivity contribution in [1.29, 1.82) is 0 Å². The largest absolute Gasteiger partial charge is 0.419 e. The van der Waals surface area contributed by atoms with E-state index < -0.39 is 17.7 Å². The molecule has 0 saturated carbocycles. The second-order valence-electron chi connectivity index (χ2n) is 7.17. The molecule has 1 N–H and O–H groups in total. The number of amides is 1. The van der Waals surface area contributed by atoms with Gasteiger partial charge in [0, 0.05) is 44.4 Å². The quantitative estimate of drug-likeness (QED) is 0.499. The maximum atomic E-state index is 12.7. The zero-order chi connectivity index (χ0) is 19.4. The average molecular weight is 372 g/mol. The molecule has 2 fully saturated rings. The van der Waals surface area contributed by atoms with Crippen molar-refractivity contribution in [3.63, 3.8) is 0 Å². The Balaban J connectivity index is 1.71. The van der Waals surface area contributed by atoms with E-state index >= 15 is 0 Å². The first-order valence-corrected chi connectivity index (χ1v) is 9.18. The van der Waals surface area contributed by atoms with Gasteiger partial charge in [0.15, 0.2) is 5.57 Å². The van der Waals surface area contributed by atoms with Crippen molar-refractivity contribution in [2.24, 2.45) is 0 Å². The molecule has 2 aliphatic rings. The molecule has 0 radical (unpaired) electrons. The molecule has 7 heteroatoms. The van der Waals surface area contributed by atoms with Crippen molar-refractivity contribution >= 4 is 23.5 Å². The highest BCUT2D eigenvalue weighted by Crippen LogP contribution is 2.23. The molecule has 2 heterocycles. The molecule has 0 spiro atoms. The molecule has 144 valence electrons. The van der Waals surface area contributed by atoms with Gasteiger partial charge < -0.3 is 19.7 Å². The summed E-state index contributed by atoms with van der Waals surface area (Å²) >= 11 is 0. The molecule has 0 aliphatic carbocycles. The SMILES string of the molecule is CC1(C)OC(=O)C(=CNc2cccc(C(=O)N3CCCCCC3)c2)C(=O)O1. The van der Waals surface area contributed by atoms with Gasteiger partial charge in [0.2, 0.25) is 0 Å². The number of carbonyl (C=O) groups excluding carboxylic acids is 3. The fraction of sp³-hybridized carbons (Fsp3) is 0.450. The predicted molar refractivity (Wildman–Crippen MR) is 98.8 cm³/mol. The van der Waals surface area contributed by atoms with Gasteiger partial charge in [0.05, 0.1) is 0 Å². The van der Waals surface area contributed by atoms with Crippen molar-refractivity contribution in [3.8, 4) is 0 Å². The Morgan fingerprint density at radius 1 is 1.07 bits per heavy atom. The number of ether oxygens (including phenoxy) is 2. The smallest absolute Gasteiger partial charge is 0.350 e. The topological polar surface area (TPSA) is 84.9 Å². The number of hydrogen-bond acceptors (Lipinski definition) is 6. The minimum atomic E-state index is -1.27. The van der Waals surface area contributed by atoms with Gasteiger partial charge in [0.25, 0.3) is 11.7 Å². The predicted octanol–water partition coefficient (Wildman–Crippen LogP) is 2.83. The van der Waals surface area contributed by atoms with Crippen LogP contribution in [0.15, 0.2) is 36.0 Å². The summed E-state index contributed by atoms with van der Waals surface area (Å²) in [5.74, 6) is -2.78. The summed E-state index contributed by atoms with van der Waals surface area (Å²) in [6, 6.07) is 6.97. The molecule has 1 aromatic carbocycles. The van der Waals surface area contributed by atoms with Crippen LogP contribution in [0, 0.1) is 0 Å². The molecule has 2 saturated heterocycles. The number of nitrogens with zero attached hydrogens (tertiary/aromatic N) is 1. The third kappa shape index (κ3) is 4.67. The van der Waals surface area contributed by atoms with E-state index in [1.807, 2.05) is 4.90 Å². The van der Waals surface area contributed by atoms with Crippen molar-refractivity contribution in [1.82, 2.24) is 4.90 Å². The number of rotatable bonds is 3. The van der Waals surface area contributed by atoms with Gasteiger partial charge in [0.1, 0.15) is 0 Å². The fourth-order valence-electron chi connectivity index (χ4n) is 3.13. The first-order valence-electron chi connectivity index (χ1n) is 9.18. The Kier molecular flexibility index (Phi) is 5.48. The van der Waals surface area contributed by atoms with Crippen LogP contribution in [0.4, 0.5) is 5.69 Å². The van der Waals surface area contributed by atoms with Crippen LogP contribution in [0.3, 0.4) is 0 Å². The van der Waals surface area contributed by atoms with Crippen molar-refractivity contribution in [2.45, 2.75) is 45.3 Å². The lowest BCUT2D eigenvalue weighted by Crippen LogP contribution is -2.42. The fourth-order valence-corrected chi connectivity index (χ4v) is 3.13. The first kappa shape index (κ1) is 18.9. The molecule has 7 nitrogen and oxygen atoms in total. The number of carbonyl (C=O) groups is 3. The highest BCUT2D eigenvalue weighted by molar-refractivity contribution is 6.15. The van der Waals surface area contributed by atoms with Crippen molar-refractivity contribution < 1.29 is 23.9 Å². The Morgan fingerprint density at radius 3 is 2.33 bits per heavy atom. The molecular formula is C20H24N2O5. The van der Waals surface area contributed by atoms with Gasteiger partial charge in [-0.25, -0.2) is 9.59 Å². The number of esters is 2. The van der Waals surface area contributed by atoms with Crippen LogP contribution in [0.5, 0.6) is 0 Å². The second kappa shape index (κ2) is 7.82. The molecule has 0 aromatic heterocycles. The lowest BCUT2D eigenvalue weighted by Gasteiger charge is -2.29. The van der Waals surface area contributed by atoms with Crippen LogP contribution in [-0.2, 0) is 19.1 Å². The monoisotopic (exact) mass is 372 g/mol. The maximum Gasteiger partial charge on any atom is 0.350 e. The number of cyclic esters (lactones) is 2. The number of anilines is 1. The van der Waals surface area contributed by atoms with Crippen LogP contribution < -0.4 is 5.32 Å². The van der Waals surface area contributed by atoms with E-state index in [9.17, 15) is 14.4 Å². The Hall–Kier alpha value is -2.83. The lowest BCUT2D eigenvalue weighted by molar-refractivity contribution is -0.222. The van der Waals surface area contributed by atoms with E-state index in [1.54, 1.807) is 24.3 Å². The zero-order valence-electron chi connectivity index (χ0n) is 15.6. The summed E-state index contributed by atoms with van der Waals surface area (Å²) in [7, 11) is 0. The third-order valence-electron chi connectivity index (χ3n) is 4.50. The molecular weight excluding hydrogens is 348 g/mol. The molecule has 2 aliphatic heterocycles. The summed E-state index contributed by atoms with van der Waals surface area (Å²) in [5.41, 5.74) is 0.933. The summed E-state index contributed by atoms with van der Waals surface area (Å²) < 4.78 is 10.1. The third-order valence-corrected chi connectivity index (χ3v) is 4.50. The van der Waals surface area contributed by atoms with E-state index in [1.165, 1.54) is 20.0 Å². The maximum absolute atomic E-state index is 12.7. The Bertz CT molecular complexity index is 754. The van der Waals surface area contributed by atoms with E-state index in [0.717, 1.165) is 38.8 Å². The normalized spacial score (nSPS) is 19.6. The van der Waals surface area contributed by atoms with Crippen LogP contribution in [0.25, 0.3) is 0 Å². The molecule has 3 rings (SSSR count). The zero-order valence-corrected chi connectivity index (χ0v) is 15.6. The van der Waals surface area contributed by atoms with Crippen molar-refractivity contribution in [3.05, 3.63) is 41.6 Å². The van der Waals surface area contributed by atoms with Gasteiger partial charge in [-0.2, -0.15) is 0 Å².